The molecule has 0 bridgehead atoms. The Bertz CT molecular complexity index is 988. The summed E-state index contributed by atoms with van der Waals surface area (Å²) in [6.07, 6.45) is 2.58. The SMILES string of the molecule is Cc1ccc(-n2nc(C(=O)N(C)C3CCN(C)CC3)nc2Cc2ccccc2)cc1. The van der Waals surface area contributed by atoms with Crippen LogP contribution in [0.15, 0.2) is 54.6 Å². The van der Waals surface area contributed by atoms with Crippen molar-refractivity contribution in [2.75, 3.05) is 27.2 Å². The second kappa shape index (κ2) is 8.79. The van der Waals surface area contributed by atoms with Crippen molar-refractivity contribution in [3.05, 3.63) is 77.4 Å². The average molecular weight is 404 g/mol. The van der Waals surface area contributed by atoms with Gasteiger partial charge >= 0.3 is 0 Å². The van der Waals surface area contributed by atoms with Crippen LogP contribution in [0.25, 0.3) is 5.69 Å². The van der Waals surface area contributed by atoms with Crippen LogP contribution in [0.5, 0.6) is 0 Å². The standard InChI is InChI=1S/C24H29N5O/c1-18-9-11-21(12-10-18)29-22(17-19-7-5-4-6-8-19)25-23(26-29)24(30)28(3)20-13-15-27(2)16-14-20/h4-12,20H,13-17H2,1-3H3. The summed E-state index contributed by atoms with van der Waals surface area (Å²) in [6.45, 7) is 4.07. The molecule has 2 aromatic carbocycles. The minimum Gasteiger partial charge on any atom is -0.336 e. The summed E-state index contributed by atoms with van der Waals surface area (Å²) in [7, 11) is 4.00. The Labute approximate surface area is 178 Å². The second-order valence-corrected chi connectivity index (χ2v) is 8.21. The van der Waals surface area contributed by atoms with Gasteiger partial charge in [0.2, 0.25) is 5.82 Å². The smallest absolute Gasteiger partial charge is 0.293 e. The molecule has 0 unspecified atom stereocenters. The van der Waals surface area contributed by atoms with E-state index in [9.17, 15) is 4.79 Å². The van der Waals surface area contributed by atoms with Gasteiger partial charge in [0.05, 0.1) is 5.69 Å². The summed E-state index contributed by atoms with van der Waals surface area (Å²) >= 11 is 0. The molecule has 156 valence electrons. The van der Waals surface area contributed by atoms with Crippen LogP contribution in [0.2, 0.25) is 0 Å². The molecule has 0 radical (unpaired) electrons. The Morgan fingerprint density at radius 2 is 1.73 bits per heavy atom. The fourth-order valence-corrected chi connectivity index (χ4v) is 3.93. The van der Waals surface area contributed by atoms with E-state index in [0.717, 1.165) is 43.0 Å². The van der Waals surface area contributed by atoms with Gasteiger partial charge in [0, 0.05) is 19.5 Å². The zero-order valence-corrected chi connectivity index (χ0v) is 18.0. The zero-order valence-electron chi connectivity index (χ0n) is 18.0. The molecule has 0 spiro atoms. The number of benzene rings is 2. The van der Waals surface area contributed by atoms with Crippen LogP contribution in [-0.4, -0.2) is 63.7 Å². The van der Waals surface area contributed by atoms with Crippen molar-refractivity contribution in [3.63, 3.8) is 0 Å². The monoisotopic (exact) mass is 403 g/mol. The van der Waals surface area contributed by atoms with Gasteiger partial charge in [0.15, 0.2) is 0 Å². The lowest BCUT2D eigenvalue weighted by molar-refractivity contribution is 0.0647. The topological polar surface area (TPSA) is 54.3 Å². The van der Waals surface area contributed by atoms with E-state index in [1.54, 1.807) is 0 Å². The number of rotatable bonds is 5. The molecule has 1 saturated heterocycles. The van der Waals surface area contributed by atoms with Gasteiger partial charge in [0.1, 0.15) is 5.82 Å². The molecule has 4 rings (SSSR count). The van der Waals surface area contributed by atoms with Crippen LogP contribution in [0.4, 0.5) is 0 Å². The van der Waals surface area contributed by atoms with Gasteiger partial charge in [-0.1, -0.05) is 48.0 Å². The van der Waals surface area contributed by atoms with Gasteiger partial charge in [-0.25, -0.2) is 9.67 Å². The van der Waals surface area contributed by atoms with Crippen LogP contribution < -0.4 is 0 Å². The Hall–Kier alpha value is -2.99. The maximum Gasteiger partial charge on any atom is 0.293 e. The summed E-state index contributed by atoms with van der Waals surface area (Å²) in [5.41, 5.74) is 3.24. The summed E-state index contributed by atoms with van der Waals surface area (Å²) in [5.74, 6) is 0.929. The van der Waals surface area contributed by atoms with Crippen LogP contribution >= 0.6 is 0 Å². The number of likely N-dealkylation sites (tertiary alicyclic amines) is 1. The van der Waals surface area contributed by atoms with Gasteiger partial charge in [-0.15, -0.1) is 5.10 Å². The van der Waals surface area contributed by atoms with E-state index >= 15 is 0 Å². The Morgan fingerprint density at radius 1 is 1.07 bits per heavy atom. The third-order valence-corrected chi connectivity index (χ3v) is 5.91. The van der Waals surface area contributed by atoms with E-state index in [0.29, 0.717) is 6.42 Å². The Morgan fingerprint density at radius 3 is 2.40 bits per heavy atom. The predicted molar refractivity (Wildman–Crippen MR) is 118 cm³/mol. The minimum absolute atomic E-state index is 0.107. The molecule has 1 aliphatic heterocycles. The molecule has 3 aromatic rings. The fourth-order valence-electron chi connectivity index (χ4n) is 3.93. The molecular weight excluding hydrogens is 374 g/mol. The molecule has 1 amide bonds. The van der Waals surface area contributed by atoms with E-state index in [1.165, 1.54) is 5.56 Å². The van der Waals surface area contributed by atoms with Crippen molar-refractivity contribution in [3.8, 4) is 5.69 Å². The molecule has 0 aliphatic carbocycles. The number of carbonyl (C=O) groups is 1. The summed E-state index contributed by atoms with van der Waals surface area (Å²) < 4.78 is 1.81. The lowest BCUT2D eigenvalue weighted by atomic mass is 10.0. The van der Waals surface area contributed by atoms with Crippen molar-refractivity contribution in [1.29, 1.82) is 0 Å². The van der Waals surface area contributed by atoms with Gasteiger partial charge < -0.3 is 9.80 Å². The Kier molecular flexibility index (Phi) is 5.95. The predicted octanol–water partition coefficient (Wildman–Crippen LogP) is 3.33. The largest absolute Gasteiger partial charge is 0.336 e. The molecule has 6 nitrogen and oxygen atoms in total. The number of hydrogen-bond donors (Lipinski definition) is 0. The van der Waals surface area contributed by atoms with Crippen LogP contribution in [0.3, 0.4) is 0 Å². The minimum atomic E-state index is -0.107. The highest BCUT2D eigenvalue weighted by molar-refractivity contribution is 5.90. The molecule has 0 atom stereocenters. The maximum atomic E-state index is 13.2. The molecular formula is C24H29N5O. The van der Waals surface area contributed by atoms with Gasteiger partial charge in [-0.05, 0) is 57.6 Å². The Balaban J connectivity index is 1.64. The van der Waals surface area contributed by atoms with E-state index in [1.807, 2.05) is 47.0 Å². The molecule has 1 aromatic heterocycles. The first-order valence-corrected chi connectivity index (χ1v) is 10.5. The fraction of sp³-hybridized carbons (Fsp3) is 0.375. The van der Waals surface area contributed by atoms with Gasteiger partial charge in [-0.2, -0.15) is 0 Å². The first-order chi connectivity index (χ1) is 14.5. The number of piperidine rings is 1. The third kappa shape index (κ3) is 4.44. The molecule has 30 heavy (non-hydrogen) atoms. The third-order valence-electron chi connectivity index (χ3n) is 5.91. The average Bonchev–Trinajstić information content (AvgIpc) is 3.18. The molecule has 0 saturated carbocycles. The number of amides is 1. The van der Waals surface area contributed by atoms with Crippen molar-refractivity contribution < 1.29 is 4.79 Å². The molecule has 0 N–H and O–H groups in total. The van der Waals surface area contributed by atoms with Crippen molar-refractivity contribution in [2.45, 2.75) is 32.2 Å². The zero-order chi connectivity index (χ0) is 21.1. The lowest BCUT2D eigenvalue weighted by Gasteiger charge is -2.34. The van der Waals surface area contributed by atoms with E-state index in [-0.39, 0.29) is 17.8 Å². The number of aryl methyl sites for hydroxylation is 1. The molecule has 1 aliphatic rings. The summed E-state index contributed by atoms with van der Waals surface area (Å²) in [5, 5.41) is 4.64. The normalized spacial score (nSPS) is 15.3. The summed E-state index contributed by atoms with van der Waals surface area (Å²) in [4.78, 5) is 22.0. The quantitative estimate of drug-likeness (QED) is 0.656. The maximum absolute atomic E-state index is 13.2. The first kappa shape index (κ1) is 20.3. The molecule has 1 fully saturated rings. The number of nitrogens with zero attached hydrogens (tertiary/aromatic N) is 5. The second-order valence-electron chi connectivity index (χ2n) is 8.21. The highest BCUT2D eigenvalue weighted by Crippen LogP contribution is 2.18. The number of carbonyl (C=O) groups excluding carboxylic acids is 1. The van der Waals surface area contributed by atoms with Crippen LogP contribution in [0, 0.1) is 6.92 Å². The van der Waals surface area contributed by atoms with E-state index < -0.39 is 0 Å². The summed E-state index contributed by atoms with van der Waals surface area (Å²) in [6, 6.07) is 18.5. The molecule has 6 heteroatoms. The highest BCUT2D eigenvalue weighted by Gasteiger charge is 2.28. The van der Waals surface area contributed by atoms with Gasteiger partial charge in [0.25, 0.3) is 5.91 Å². The van der Waals surface area contributed by atoms with Crippen LogP contribution in [0.1, 0.15) is 40.4 Å². The number of aromatic nitrogens is 3. The van der Waals surface area contributed by atoms with Gasteiger partial charge in [-0.3, -0.25) is 4.79 Å². The van der Waals surface area contributed by atoms with Crippen molar-refractivity contribution >= 4 is 5.91 Å². The highest BCUT2D eigenvalue weighted by atomic mass is 16.2. The number of hydrogen-bond acceptors (Lipinski definition) is 4. The van der Waals surface area contributed by atoms with E-state index in [4.69, 9.17) is 0 Å². The lowest BCUT2D eigenvalue weighted by Crippen LogP contribution is -2.44. The first-order valence-electron chi connectivity index (χ1n) is 10.5. The van der Waals surface area contributed by atoms with Crippen molar-refractivity contribution in [2.24, 2.45) is 0 Å². The molecule has 2 heterocycles. The van der Waals surface area contributed by atoms with Crippen molar-refractivity contribution in [1.82, 2.24) is 24.6 Å². The van der Waals surface area contributed by atoms with E-state index in [2.05, 4.69) is 53.2 Å². The van der Waals surface area contributed by atoms with Crippen LogP contribution in [-0.2, 0) is 6.42 Å².